The van der Waals surface area contributed by atoms with Crippen molar-refractivity contribution < 1.29 is 4.74 Å². The Morgan fingerprint density at radius 3 is 2.81 bits per heavy atom. The van der Waals surface area contributed by atoms with Crippen LogP contribution >= 0.6 is 11.3 Å². The van der Waals surface area contributed by atoms with E-state index < -0.39 is 0 Å². The zero-order valence-corrected chi connectivity index (χ0v) is 12.9. The molecule has 2 unspecified atom stereocenters. The van der Waals surface area contributed by atoms with Crippen LogP contribution in [0, 0.1) is 5.92 Å². The van der Waals surface area contributed by atoms with Gasteiger partial charge in [0.25, 0.3) is 0 Å². The second-order valence-electron chi connectivity index (χ2n) is 6.18. The van der Waals surface area contributed by atoms with Crippen LogP contribution in [-0.4, -0.2) is 33.0 Å². The Morgan fingerprint density at radius 1 is 1.19 bits per heavy atom. The maximum Gasteiger partial charge on any atom is 0.234 e. The molecule has 0 radical (unpaired) electrons. The molecule has 0 spiro atoms. The van der Waals surface area contributed by atoms with E-state index in [0.717, 1.165) is 35.4 Å². The van der Waals surface area contributed by atoms with Crippen molar-refractivity contribution in [3.63, 3.8) is 0 Å². The van der Waals surface area contributed by atoms with Crippen LogP contribution in [0.25, 0.3) is 4.96 Å². The summed E-state index contributed by atoms with van der Waals surface area (Å²) in [6.45, 7) is 1.53. The summed E-state index contributed by atoms with van der Waals surface area (Å²) >= 11 is 1.59. The van der Waals surface area contributed by atoms with E-state index in [-0.39, 0.29) is 6.04 Å². The third-order valence-corrected chi connectivity index (χ3v) is 5.77. The van der Waals surface area contributed by atoms with Crippen LogP contribution in [0.1, 0.15) is 61.3 Å². The van der Waals surface area contributed by atoms with Crippen LogP contribution in [0.5, 0.6) is 0 Å². The van der Waals surface area contributed by atoms with Crippen LogP contribution in [-0.2, 0) is 4.74 Å². The van der Waals surface area contributed by atoms with Crippen LogP contribution in [0.15, 0.2) is 0 Å². The summed E-state index contributed by atoms with van der Waals surface area (Å²) in [6, 6.07) is 0.0460. The molecule has 0 bridgehead atoms. The molecule has 2 aliphatic rings. The molecule has 2 aromatic rings. The highest BCUT2D eigenvalue weighted by atomic mass is 32.1. The van der Waals surface area contributed by atoms with E-state index in [9.17, 15) is 0 Å². The van der Waals surface area contributed by atoms with E-state index in [4.69, 9.17) is 15.6 Å². The molecular formula is C14H21N5OS. The van der Waals surface area contributed by atoms with E-state index in [0.29, 0.717) is 11.8 Å². The Labute approximate surface area is 127 Å². The second-order valence-corrected chi connectivity index (χ2v) is 7.16. The molecule has 2 N–H and O–H groups in total. The molecule has 2 fully saturated rings. The molecule has 114 valence electrons. The molecule has 1 aliphatic heterocycles. The van der Waals surface area contributed by atoms with E-state index in [1.807, 2.05) is 4.52 Å². The van der Waals surface area contributed by atoms with Gasteiger partial charge in [-0.15, -0.1) is 10.2 Å². The van der Waals surface area contributed by atoms with Gasteiger partial charge in [-0.1, -0.05) is 30.6 Å². The summed E-state index contributed by atoms with van der Waals surface area (Å²) in [5, 5.41) is 14.3. The summed E-state index contributed by atoms with van der Waals surface area (Å²) in [5.74, 6) is 1.82. The van der Waals surface area contributed by atoms with Gasteiger partial charge < -0.3 is 10.5 Å². The number of aromatic nitrogens is 4. The second kappa shape index (κ2) is 5.62. The number of hydrogen-bond donors (Lipinski definition) is 1. The highest BCUT2D eigenvalue weighted by Gasteiger charge is 2.28. The molecule has 7 heteroatoms. The third kappa shape index (κ3) is 2.47. The van der Waals surface area contributed by atoms with Gasteiger partial charge in [0, 0.05) is 12.5 Å². The summed E-state index contributed by atoms with van der Waals surface area (Å²) in [4.78, 5) is 0.859. The zero-order chi connectivity index (χ0) is 14.2. The lowest BCUT2D eigenvalue weighted by Gasteiger charge is -2.25. The van der Waals surface area contributed by atoms with Gasteiger partial charge in [-0.2, -0.15) is 9.61 Å². The van der Waals surface area contributed by atoms with Crippen molar-refractivity contribution in [2.24, 2.45) is 11.7 Å². The van der Waals surface area contributed by atoms with Crippen LogP contribution < -0.4 is 5.73 Å². The molecule has 21 heavy (non-hydrogen) atoms. The zero-order valence-electron chi connectivity index (χ0n) is 12.1. The van der Waals surface area contributed by atoms with Gasteiger partial charge in [0.15, 0.2) is 5.82 Å². The van der Waals surface area contributed by atoms with Gasteiger partial charge in [0.2, 0.25) is 4.96 Å². The minimum atomic E-state index is 0.0460. The van der Waals surface area contributed by atoms with E-state index >= 15 is 0 Å². The maximum absolute atomic E-state index is 6.46. The van der Waals surface area contributed by atoms with E-state index in [2.05, 4.69) is 10.2 Å². The number of fused-ring (bicyclic) bond motifs is 1. The van der Waals surface area contributed by atoms with Gasteiger partial charge in [-0.05, 0) is 25.2 Å². The monoisotopic (exact) mass is 307 g/mol. The molecule has 2 atom stereocenters. The molecule has 3 heterocycles. The van der Waals surface area contributed by atoms with Gasteiger partial charge in [0.05, 0.1) is 12.6 Å². The highest BCUT2D eigenvalue weighted by Crippen LogP contribution is 2.35. The molecule has 0 aromatic carbocycles. The predicted molar refractivity (Wildman–Crippen MR) is 80.3 cm³/mol. The standard InChI is InChI=1S/C14H21N5OS/c15-11(9-4-2-1-3-5-9)13-18-19-12(10-6-7-20-8-10)16-17-14(19)21-13/h9-11H,1-8,15H2. The topological polar surface area (TPSA) is 78.3 Å². The Balaban J connectivity index is 1.61. The number of hydrogen-bond acceptors (Lipinski definition) is 6. The SMILES string of the molecule is NC(c1nn2c(C3CCOC3)nnc2s1)C1CCCCC1. The molecule has 1 saturated carbocycles. The average Bonchev–Trinajstić information content (AvgIpc) is 3.23. The first kappa shape index (κ1) is 13.6. The van der Waals surface area contributed by atoms with Gasteiger partial charge in [-0.25, -0.2) is 0 Å². The smallest absolute Gasteiger partial charge is 0.234 e. The first-order chi connectivity index (χ1) is 10.3. The Kier molecular flexibility index (Phi) is 3.64. The van der Waals surface area contributed by atoms with E-state index in [1.165, 1.54) is 32.1 Å². The largest absolute Gasteiger partial charge is 0.381 e. The Morgan fingerprint density at radius 2 is 2.05 bits per heavy atom. The summed E-state index contributed by atoms with van der Waals surface area (Å²) in [5.41, 5.74) is 6.46. The van der Waals surface area contributed by atoms with Crippen molar-refractivity contribution in [3.8, 4) is 0 Å². The molecule has 4 rings (SSSR count). The first-order valence-corrected chi connectivity index (χ1v) is 8.70. The fourth-order valence-corrected chi connectivity index (χ4v) is 4.41. The average molecular weight is 307 g/mol. The third-order valence-electron chi connectivity index (χ3n) is 4.77. The first-order valence-electron chi connectivity index (χ1n) is 7.88. The predicted octanol–water partition coefficient (Wildman–Crippen LogP) is 2.27. The maximum atomic E-state index is 6.46. The molecule has 6 nitrogen and oxygen atoms in total. The van der Waals surface area contributed by atoms with Gasteiger partial charge in [-0.3, -0.25) is 0 Å². The lowest BCUT2D eigenvalue weighted by atomic mass is 9.84. The number of ether oxygens (including phenoxy) is 1. The summed E-state index contributed by atoms with van der Waals surface area (Å²) in [7, 11) is 0. The Bertz CT molecular complexity index is 612. The minimum absolute atomic E-state index is 0.0460. The van der Waals surface area contributed by atoms with Crippen molar-refractivity contribution in [2.75, 3.05) is 13.2 Å². The lowest BCUT2D eigenvalue weighted by molar-refractivity contribution is 0.193. The van der Waals surface area contributed by atoms with Crippen LogP contribution in [0.4, 0.5) is 0 Å². The van der Waals surface area contributed by atoms with Crippen molar-refractivity contribution >= 4 is 16.3 Å². The molecule has 1 aliphatic carbocycles. The van der Waals surface area contributed by atoms with Gasteiger partial charge >= 0.3 is 0 Å². The minimum Gasteiger partial charge on any atom is -0.381 e. The van der Waals surface area contributed by atoms with Crippen molar-refractivity contribution in [2.45, 2.75) is 50.5 Å². The Hall–Kier alpha value is -1.05. The molecular weight excluding hydrogens is 286 g/mol. The van der Waals surface area contributed by atoms with Crippen LogP contribution in [0.3, 0.4) is 0 Å². The van der Waals surface area contributed by atoms with E-state index in [1.54, 1.807) is 11.3 Å². The van der Waals surface area contributed by atoms with Crippen molar-refractivity contribution in [3.05, 3.63) is 10.8 Å². The van der Waals surface area contributed by atoms with Crippen molar-refractivity contribution in [1.29, 1.82) is 0 Å². The summed E-state index contributed by atoms with van der Waals surface area (Å²) in [6.07, 6.45) is 7.40. The van der Waals surface area contributed by atoms with Gasteiger partial charge in [0.1, 0.15) is 5.01 Å². The highest BCUT2D eigenvalue weighted by molar-refractivity contribution is 7.16. The number of rotatable bonds is 3. The number of nitrogens with two attached hydrogens (primary N) is 1. The molecule has 1 saturated heterocycles. The molecule has 0 amide bonds. The fourth-order valence-electron chi connectivity index (χ4n) is 3.47. The quantitative estimate of drug-likeness (QED) is 0.941. The number of nitrogens with zero attached hydrogens (tertiary/aromatic N) is 4. The van der Waals surface area contributed by atoms with Crippen LogP contribution in [0.2, 0.25) is 0 Å². The fraction of sp³-hybridized carbons (Fsp3) is 0.786. The molecule has 2 aromatic heterocycles. The normalized spacial score (nSPS) is 25.7. The lowest BCUT2D eigenvalue weighted by Crippen LogP contribution is -2.23. The van der Waals surface area contributed by atoms with Crippen molar-refractivity contribution in [1.82, 2.24) is 19.8 Å². The summed E-state index contributed by atoms with van der Waals surface area (Å²) < 4.78 is 7.34.